The van der Waals surface area contributed by atoms with Crippen molar-refractivity contribution in [3.8, 4) is 0 Å². The number of nitrogens with zero attached hydrogens (tertiary/aromatic N) is 4. The third kappa shape index (κ3) is 16.2. The Kier molecular flexibility index (Phi) is 11.9. The fraction of sp³-hybridized carbons (Fsp3) is 0.500. The van der Waals surface area contributed by atoms with Gasteiger partial charge in [0.2, 0.25) is 11.9 Å². The first-order valence-electron chi connectivity index (χ1n) is 5.93. The smallest absolute Gasteiger partial charge is 0.394 e. The van der Waals surface area contributed by atoms with Gasteiger partial charge in [0.1, 0.15) is 24.0 Å². The number of aliphatic hydroxyl groups excluding tert-OH is 4. The molecule has 17 heteroatoms. The Morgan fingerprint density at radius 1 is 0.960 bits per heavy atom. The second kappa shape index (κ2) is 12.0. The summed E-state index contributed by atoms with van der Waals surface area (Å²) in [5.74, 6) is -0.769. The molecule has 0 heterocycles. The highest BCUT2D eigenvalue weighted by molar-refractivity contribution is 7.79. The molecule has 0 aromatic rings. The van der Waals surface area contributed by atoms with Crippen molar-refractivity contribution in [3.05, 3.63) is 0 Å². The molecule has 0 saturated heterocycles. The Bertz CT molecular complexity index is 602. The van der Waals surface area contributed by atoms with E-state index < -0.39 is 41.3 Å². The first-order chi connectivity index (χ1) is 11.3. The number of aliphatic hydroxyl groups is 4. The molecule has 0 amide bonds. The zero-order valence-corrected chi connectivity index (χ0v) is 13.3. The highest BCUT2D eigenvalue weighted by atomic mass is 32.3. The predicted octanol–water partition coefficient (Wildman–Crippen LogP) is -5.70. The van der Waals surface area contributed by atoms with E-state index in [-0.39, 0.29) is 11.7 Å². The van der Waals surface area contributed by atoms with Gasteiger partial charge in [-0.3, -0.25) is 9.11 Å². The van der Waals surface area contributed by atoms with Gasteiger partial charge in [-0.05, 0) is 0 Å². The van der Waals surface area contributed by atoms with Crippen molar-refractivity contribution in [2.24, 2.45) is 43.3 Å². The summed E-state index contributed by atoms with van der Waals surface area (Å²) in [4.78, 5) is 0. The fourth-order valence-corrected chi connectivity index (χ4v) is 0.925. The summed E-state index contributed by atoms with van der Waals surface area (Å²) >= 11 is 0. The van der Waals surface area contributed by atoms with Gasteiger partial charge in [-0.2, -0.15) is 13.5 Å². The van der Waals surface area contributed by atoms with Crippen LogP contribution < -0.4 is 22.9 Å². The lowest BCUT2D eigenvalue weighted by Gasteiger charge is -2.20. The molecule has 16 nitrogen and oxygen atoms in total. The van der Waals surface area contributed by atoms with Gasteiger partial charge in [-0.25, -0.2) is 0 Å². The minimum atomic E-state index is -4.67. The van der Waals surface area contributed by atoms with Crippen molar-refractivity contribution in [3.63, 3.8) is 0 Å². The van der Waals surface area contributed by atoms with Crippen LogP contribution in [0.15, 0.2) is 20.4 Å². The van der Waals surface area contributed by atoms with Crippen molar-refractivity contribution >= 4 is 34.2 Å². The van der Waals surface area contributed by atoms with Crippen molar-refractivity contribution in [2.45, 2.75) is 18.3 Å². The van der Waals surface area contributed by atoms with Gasteiger partial charge in [0, 0.05) is 0 Å². The Balaban J connectivity index is 0. The van der Waals surface area contributed by atoms with Crippen molar-refractivity contribution in [2.75, 3.05) is 6.61 Å². The first kappa shape index (κ1) is 24.8. The van der Waals surface area contributed by atoms with Crippen molar-refractivity contribution < 1.29 is 37.9 Å². The molecule has 0 bridgehead atoms. The zero-order chi connectivity index (χ0) is 20.2. The molecule has 25 heavy (non-hydrogen) atoms. The summed E-state index contributed by atoms with van der Waals surface area (Å²) in [5.41, 5.74) is 19.8. The third-order valence-electron chi connectivity index (χ3n) is 1.85. The van der Waals surface area contributed by atoms with Crippen LogP contribution in [0.4, 0.5) is 0 Å². The largest absolute Gasteiger partial charge is 0.394 e. The van der Waals surface area contributed by atoms with Gasteiger partial charge in [0.15, 0.2) is 0 Å². The van der Waals surface area contributed by atoms with Crippen LogP contribution >= 0.6 is 0 Å². The molecule has 3 atom stereocenters. The maximum absolute atomic E-state index is 9.75. The van der Waals surface area contributed by atoms with E-state index in [0.29, 0.717) is 0 Å². The van der Waals surface area contributed by atoms with Gasteiger partial charge >= 0.3 is 10.4 Å². The molecule has 0 spiro atoms. The molecule has 0 unspecified atom stereocenters. The van der Waals surface area contributed by atoms with Gasteiger partial charge in [-0.15, -0.1) is 15.3 Å². The normalized spacial score (nSPS) is 15.5. The summed E-state index contributed by atoms with van der Waals surface area (Å²) < 4.78 is 31.6. The highest BCUT2D eigenvalue weighted by Gasteiger charge is 2.27. The van der Waals surface area contributed by atoms with E-state index in [2.05, 4.69) is 20.4 Å². The van der Waals surface area contributed by atoms with E-state index in [1.165, 1.54) is 0 Å². The van der Waals surface area contributed by atoms with Gasteiger partial charge in [-0.1, -0.05) is 0 Å². The summed E-state index contributed by atoms with van der Waals surface area (Å²) in [5, 5.41) is 50.5. The van der Waals surface area contributed by atoms with Gasteiger partial charge in [0.05, 0.1) is 12.8 Å². The summed E-state index contributed by atoms with van der Waals surface area (Å²) in [6.45, 7) is -0.779. The Morgan fingerprint density at radius 3 is 1.76 bits per heavy atom. The average molecular weight is 388 g/mol. The van der Waals surface area contributed by atoms with E-state index in [0.717, 1.165) is 6.21 Å². The minimum absolute atomic E-state index is 0.344. The quantitative estimate of drug-likeness (QED) is 0.0843. The second-order valence-corrected chi connectivity index (χ2v) is 4.85. The fourth-order valence-electron chi connectivity index (χ4n) is 0.925. The topological polar surface area (TPSA) is 309 Å². The maximum atomic E-state index is 9.75. The third-order valence-corrected chi connectivity index (χ3v) is 1.85. The van der Waals surface area contributed by atoms with Crippen LogP contribution in [-0.4, -0.2) is 86.7 Å². The Morgan fingerprint density at radius 2 is 1.40 bits per heavy atom. The second-order valence-electron chi connectivity index (χ2n) is 3.95. The Hall–Kier alpha value is -2.41. The molecule has 0 aliphatic heterocycles. The van der Waals surface area contributed by atoms with Crippen LogP contribution in [-0.2, 0) is 10.4 Å². The van der Waals surface area contributed by atoms with Gasteiger partial charge in [0.25, 0.3) is 0 Å². The Labute approximate surface area is 141 Å². The molecule has 0 radical (unpaired) electrons. The maximum Gasteiger partial charge on any atom is 0.394 e. The molecule has 146 valence electrons. The molecule has 0 saturated carbocycles. The lowest BCUT2D eigenvalue weighted by Crippen LogP contribution is -2.44. The van der Waals surface area contributed by atoms with E-state index in [9.17, 15) is 15.3 Å². The lowest BCUT2D eigenvalue weighted by molar-refractivity contribution is -0.0548. The van der Waals surface area contributed by atoms with E-state index in [1.807, 2.05) is 0 Å². The predicted molar refractivity (Wildman–Crippen MR) is 86.8 cm³/mol. The summed E-state index contributed by atoms with van der Waals surface area (Å²) in [6.07, 6.45) is -4.23. The molecular weight excluding hydrogens is 368 g/mol. The van der Waals surface area contributed by atoms with E-state index in [4.69, 9.17) is 45.6 Å². The lowest BCUT2D eigenvalue weighted by atomic mass is 10.0. The zero-order valence-electron chi connectivity index (χ0n) is 12.5. The number of guanidine groups is 2. The summed E-state index contributed by atoms with van der Waals surface area (Å²) in [6, 6.07) is 0. The van der Waals surface area contributed by atoms with Crippen LogP contribution in [0.2, 0.25) is 0 Å². The number of hydrogen-bond acceptors (Lipinski definition) is 10. The molecule has 14 N–H and O–H groups in total. The monoisotopic (exact) mass is 388 g/mol. The molecule has 0 aromatic heterocycles. The van der Waals surface area contributed by atoms with Crippen LogP contribution in [0.25, 0.3) is 0 Å². The van der Waals surface area contributed by atoms with E-state index in [1.54, 1.807) is 0 Å². The highest BCUT2D eigenvalue weighted by Crippen LogP contribution is 2.02. The molecule has 0 fully saturated rings. The molecule has 0 aromatic carbocycles. The number of nitrogens with two attached hydrogens (primary N) is 4. The van der Waals surface area contributed by atoms with Gasteiger partial charge < -0.3 is 43.4 Å². The van der Waals surface area contributed by atoms with Crippen LogP contribution in [0.5, 0.6) is 0 Å². The van der Waals surface area contributed by atoms with Crippen molar-refractivity contribution in [1.82, 2.24) is 0 Å². The molecule has 0 aliphatic carbocycles. The first-order valence-corrected chi connectivity index (χ1v) is 7.32. The van der Waals surface area contributed by atoms with E-state index >= 15 is 0 Å². The van der Waals surface area contributed by atoms with Crippen LogP contribution in [0.3, 0.4) is 0 Å². The average Bonchev–Trinajstić information content (AvgIpc) is 2.46. The number of rotatable bonds is 7. The van der Waals surface area contributed by atoms with Crippen LogP contribution in [0, 0.1) is 0 Å². The number of hydrogen-bond donors (Lipinski definition) is 10. The molecule has 0 rings (SSSR count). The van der Waals surface area contributed by atoms with Crippen LogP contribution in [0.1, 0.15) is 0 Å². The molecule has 0 aliphatic rings. The minimum Gasteiger partial charge on any atom is -0.394 e. The molecular formula is C8H20N8O8S. The standard InChI is InChI=1S/C8H18N8O4.H2O4S/c9-7(10)15-13-1-3(14-16-8(11)12)5(19)6(20)4(18)2-17;1-5(2,3)4/h1,4-6,17-20H,2H2,(H4,9,10,15)(H4,11,12,16);(H2,1,2,3,4)/t4-,5+,6+;/m0./s1. The van der Waals surface area contributed by atoms with Crippen molar-refractivity contribution in [1.29, 1.82) is 0 Å². The SMILES string of the molecule is NC(N)=NN=CC(=NN=C(N)N)[C@@H](O)[C@H](O)[C@@H](O)CO.O=S(=O)(O)O. The summed E-state index contributed by atoms with van der Waals surface area (Å²) in [7, 11) is -4.67.